The number of nitrogens with zero attached hydrogens (tertiary/aromatic N) is 2. The predicted molar refractivity (Wildman–Crippen MR) is 215 cm³/mol. The molecule has 0 unspecified atom stereocenters. The van der Waals surface area contributed by atoms with Crippen LogP contribution in [-0.4, -0.2) is 14.8 Å². The van der Waals surface area contributed by atoms with Crippen molar-refractivity contribution >= 4 is 80.9 Å². The highest BCUT2D eigenvalue weighted by Gasteiger charge is 2.53. The molecule has 0 saturated heterocycles. The lowest BCUT2D eigenvalue weighted by Gasteiger charge is -2.50. The van der Waals surface area contributed by atoms with E-state index in [-0.39, 0.29) is 17.5 Å². The van der Waals surface area contributed by atoms with Gasteiger partial charge in [-0.25, -0.2) is 0 Å². The third-order valence-electron chi connectivity index (χ3n) is 11.5. The van der Waals surface area contributed by atoms with Gasteiger partial charge in [0.15, 0.2) is 0 Å². The molecular weight excluding hydrogens is 607 g/mol. The van der Waals surface area contributed by atoms with Crippen LogP contribution in [0.5, 0.6) is 0 Å². The van der Waals surface area contributed by atoms with Crippen LogP contribution in [0, 0.1) is 0 Å². The zero-order valence-corrected chi connectivity index (χ0v) is 30.7. The molecule has 0 atom stereocenters. The number of hydrogen-bond acceptors (Lipinski definition) is 2. The Morgan fingerprint density at radius 1 is 0.429 bits per heavy atom. The molecule has 3 aliphatic heterocycles. The smallest absolute Gasteiger partial charge is 0.251 e. The SMILES string of the molecule is CC(C)(C)c1ccc(N2c3cccc4c3B3c5c2cccc5[Si](C)(c2ccccc2)c2cccc(c23)N4c2ccc(C(C)(C)C)cc2)cc1. The summed E-state index contributed by atoms with van der Waals surface area (Å²) in [5.41, 5.74) is 14.9. The summed E-state index contributed by atoms with van der Waals surface area (Å²) in [7, 11) is -2.41. The van der Waals surface area contributed by atoms with E-state index in [1.54, 1.807) is 0 Å². The average Bonchev–Trinajstić information content (AvgIpc) is 3.10. The van der Waals surface area contributed by atoms with Crippen LogP contribution >= 0.6 is 0 Å². The molecule has 3 aliphatic rings. The van der Waals surface area contributed by atoms with Gasteiger partial charge in [-0.3, -0.25) is 0 Å². The van der Waals surface area contributed by atoms with Crippen molar-refractivity contribution in [3.63, 3.8) is 0 Å². The molecule has 6 aromatic carbocycles. The molecule has 240 valence electrons. The van der Waals surface area contributed by atoms with Crippen LogP contribution in [0.4, 0.5) is 34.1 Å². The van der Waals surface area contributed by atoms with Gasteiger partial charge >= 0.3 is 0 Å². The molecule has 0 spiro atoms. The van der Waals surface area contributed by atoms with E-state index in [0.29, 0.717) is 0 Å². The lowest BCUT2D eigenvalue weighted by Crippen LogP contribution is -2.83. The highest BCUT2D eigenvalue weighted by molar-refractivity contribution is 7.21. The van der Waals surface area contributed by atoms with E-state index in [1.165, 1.54) is 77.2 Å². The van der Waals surface area contributed by atoms with E-state index in [0.717, 1.165) is 0 Å². The highest BCUT2D eigenvalue weighted by Crippen LogP contribution is 2.44. The molecule has 9 rings (SSSR count). The minimum Gasteiger partial charge on any atom is -0.311 e. The van der Waals surface area contributed by atoms with E-state index in [9.17, 15) is 0 Å². The van der Waals surface area contributed by atoms with Gasteiger partial charge in [-0.1, -0.05) is 143 Å². The molecule has 6 aromatic rings. The molecule has 0 bridgehead atoms. The lowest BCUT2D eigenvalue weighted by atomic mass is 9.33. The molecule has 0 N–H and O–H groups in total. The summed E-state index contributed by atoms with van der Waals surface area (Å²) in [6, 6.07) is 51.3. The van der Waals surface area contributed by atoms with Gasteiger partial charge in [0.25, 0.3) is 6.71 Å². The van der Waals surface area contributed by atoms with Gasteiger partial charge in [-0.15, -0.1) is 0 Å². The first-order valence-corrected chi connectivity index (χ1v) is 20.2. The first kappa shape index (κ1) is 30.3. The number of hydrogen-bond donors (Lipinski definition) is 0. The summed E-state index contributed by atoms with van der Waals surface area (Å²) in [6.45, 7) is 16.5. The predicted octanol–water partition coefficient (Wildman–Crippen LogP) is 7.78. The molecule has 0 aromatic heterocycles. The topological polar surface area (TPSA) is 6.48 Å². The fourth-order valence-electron chi connectivity index (χ4n) is 8.90. The molecule has 4 heteroatoms. The Morgan fingerprint density at radius 2 is 0.816 bits per heavy atom. The molecule has 0 amide bonds. The first-order chi connectivity index (χ1) is 23.5. The van der Waals surface area contributed by atoms with E-state index in [1.807, 2.05) is 0 Å². The molecule has 3 heterocycles. The van der Waals surface area contributed by atoms with Gasteiger partial charge in [0.2, 0.25) is 0 Å². The Kier molecular flexibility index (Phi) is 6.40. The first-order valence-electron chi connectivity index (χ1n) is 17.7. The highest BCUT2D eigenvalue weighted by atomic mass is 28.3. The number of benzene rings is 6. The Labute approximate surface area is 293 Å². The standard InChI is InChI=1S/C45H43BN2Si/c1-44(2,3)30-22-26-32(27-23-30)47-35-16-11-17-36-41(35)46-42-37(47)18-12-20-39(42)49(7,34-14-9-8-10-15-34)40-21-13-19-38(43(40)46)48(36)33-28-24-31(25-29-33)45(4,5)6/h8-29H,1-7H3. The Morgan fingerprint density at radius 3 is 1.22 bits per heavy atom. The van der Waals surface area contributed by atoms with Crippen LogP contribution in [0.15, 0.2) is 133 Å². The minimum atomic E-state index is -2.41. The van der Waals surface area contributed by atoms with Crippen LogP contribution < -0.4 is 41.7 Å². The summed E-state index contributed by atoms with van der Waals surface area (Å²) in [6.07, 6.45) is 0. The number of anilines is 6. The number of rotatable bonds is 3. The fraction of sp³-hybridized carbons (Fsp3) is 0.200. The molecule has 0 aliphatic carbocycles. The average molecular weight is 651 g/mol. The summed E-state index contributed by atoms with van der Waals surface area (Å²) in [5.74, 6) is 0. The van der Waals surface area contributed by atoms with Crippen LogP contribution in [0.2, 0.25) is 6.55 Å². The Balaban J connectivity index is 1.38. The second-order valence-corrected chi connectivity index (χ2v) is 20.3. The second kappa shape index (κ2) is 10.4. The van der Waals surface area contributed by atoms with Crippen molar-refractivity contribution < 1.29 is 0 Å². The summed E-state index contributed by atoms with van der Waals surface area (Å²) >= 11 is 0. The quantitative estimate of drug-likeness (QED) is 0.180. The Bertz CT molecular complexity index is 2130. The molecule has 2 nitrogen and oxygen atoms in total. The largest absolute Gasteiger partial charge is 0.311 e. The van der Waals surface area contributed by atoms with Crippen molar-refractivity contribution in [2.75, 3.05) is 9.80 Å². The fourth-order valence-corrected chi connectivity index (χ4v) is 13.2. The third kappa shape index (κ3) is 4.26. The van der Waals surface area contributed by atoms with E-state index in [2.05, 4.69) is 191 Å². The van der Waals surface area contributed by atoms with Gasteiger partial charge in [0.05, 0.1) is 0 Å². The zero-order valence-electron chi connectivity index (χ0n) is 29.7. The lowest BCUT2D eigenvalue weighted by molar-refractivity contribution is 0.590. The normalized spacial score (nSPS) is 15.3. The third-order valence-corrected chi connectivity index (χ3v) is 16.0. The minimum absolute atomic E-state index is 0.0929. The molecule has 49 heavy (non-hydrogen) atoms. The van der Waals surface area contributed by atoms with Crippen LogP contribution in [0.3, 0.4) is 0 Å². The van der Waals surface area contributed by atoms with Crippen molar-refractivity contribution in [1.82, 2.24) is 0 Å². The van der Waals surface area contributed by atoms with Crippen molar-refractivity contribution in [2.24, 2.45) is 0 Å². The van der Waals surface area contributed by atoms with Crippen LogP contribution in [0.25, 0.3) is 0 Å². The van der Waals surface area contributed by atoms with E-state index >= 15 is 0 Å². The maximum absolute atomic E-state index is 2.59. The maximum atomic E-state index is 2.59. The van der Waals surface area contributed by atoms with E-state index < -0.39 is 8.07 Å². The summed E-state index contributed by atoms with van der Waals surface area (Å²) in [4.78, 5) is 5.11. The molecule has 0 radical (unpaired) electrons. The molecule has 0 saturated carbocycles. The van der Waals surface area contributed by atoms with Gasteiger partial charge < -0.3 is 9.80 Å². The maximum Gasteiger partial charge on any atom is 0.251 e. The van der Waals surface area contributed by atoms with Crippen molar-refractivity contribution in [3.05, 3.63) is 145 Å². The van der Waals surface area contributed by atoms with Gasteiger partial charge in [0, 0.05) is 34.1 Å². The summed E-state index contributed by atoms with van der Waals surface area (Å²) in [5, 5.41) is 4.53. The zero-order chi connectivity index (χ0) is 33.9. The second-order valence-electron chi connectivity index (χ2n) is 16.4. The van der Waals surface area contributed by atoms with Crippen molar-refractivity contribution in [1.29, 1.82) is 0 Å². The van der Waals surface area contributed by atoms with Crippen molar-refractivity contribution in [2.45, 2.75) is 58.9 Å². The van der Waals surface area contributed by atoms with Crippen LogP contribution in [-0.2, 0) is 10.8 Å². The van der Waals surface area contributed by atoms with Gasteiger partial charge in [0.1, 0.15) is 8.07 Å². The molecular formula is C45H43BN2Si. The van der Waals surface area contributed by atoms with Crippen LogP contribution in [0.1, 0.15) is 52.7 Å². The van der Waals surface area contributed by atoms with Crippen molar-refractivity contribution in [3.8, 4) is 0 Å². The van der Waals surface area contributed by atoms with Gasteiger partial charge in [-0.05, 0) is 92.1 Å². The van der Waals surface area contributed by atoms with Gasteiger partial charge in [-0.2, -0.15) is 0 Å². The summed E-state index contributed by atoms with van der Waals surface area (Å²) < 4.78 is 0. The monoisotopic (exact) mass is 650 g/mol. The van der Waals surface area contributed by atoms with E-state index in [4.69, 9.17) is 0 Å². The molecule has 0 fully saturated rings. The Hall–Kier alpha value is -4.80.